The van der Waals surface area contributed by atoms with E-state index in [1.807, 2.05) is 30.3 Å². The van der Waals surface area contributed by atoms with Crippen LogP contribution in [0.15, 0.2) is 78.4 Å². The van der Waals surface area contributed by atoms with Gasteiger partial charge in [0.25, 0.3) is 0 Å². The molecule has 0 aliphatic carbocycles. The van der Waals surface area contributed by atoms with Gasteiger partial charge in [0.05, 0.1) is 13.1 Å². The third kappa shape index (κ3) is 5.05. The standard InChI is InChI=1S/C25H20O6.Na/c1-29-19-10-7-17(8-11-19)24(26)20(13-16-5-3-2-4-6-16)23(25(27)28)18-9-12-21-22(14-18)31-15-30-21;/h2-12,14H,13,15H2,1H3,(H,27,28);/q;+1/p-1. The summed E-state index contributed by atoms with van der Waals surface area (Å²) in [4.78, 5) is 25.7. The number of methoxy groups -OCH3 is 1. The number of hydrogen-bond donors (Lipinski definition) is 0. The van der Waals surface area contributed by atoms with Gasteiger partial charge < -0.3 is 24.1 Å². The molecule has 3 aromatic carbocycles. The van der Waals surface area contributed by atoms with Crippen molar-refractivity contribution < 1.29 is 58.5 Å². The summed E-state index contributed by atoms with van der Waals surface area (Å²) in [6.07, 6.45) is 0.128. The van der Waals surface area contributed by atoms with Crippen molar-refractivity contribution in [1.82, 2.24) is 0 Å². The summed E-state index contributed by atoms with van der Waals surface area (Å²) in [6.45, 7) is 0.0603. The number of carbonyl (C=O) groups is 2. The zero-order valence-electron chi connectivity index (χ0n) is 17.8. The van der Waals surface area contributed by atoms with Crippen LogP contribution in [0.25, 0.3) is 5.57 Å². The summed E-state index contributed by atoms with van der Waals surface area (Å²) in [5, 5.41) is 12.3. The number of fused-ring (bicyclic) bond motifs is 1. The fraction of sp³-hybridized carbons (Fsp3) is 0.120. The molecule has 0 spiro atoms. The van der Waals surface area contributed by atoms with Gasteiger partial charge in [-0.05, 0) is 47.5 Å². The summed E-state index contributed by atoms with van der Waals surface area (Å²) in [7, 11) is 1.53. The first-order valence-electron chi connectivity index (χ1n) is 9.64. The van der Waals surface area contributed by atoms with E-state index in [9.17, 15) is 14.7 Å². The van der Waals surface area contributed by atoms with Gasteiger partial charge in [-0.3, -0.25) is 4.79 Å². The van der Waals surface area contributed by atoms with Crippen LogP contribution in [0.5, 0.6) is 17.2 Å². The Morgan fingerprint density at radius 2 is 1.56 bits per heavy atom. The second-order valence-corrected chi connectivity index (χ2v) is 6.93. The van der Waals surface area contributed by atoms with E-state index >= 15 is 0 Å². The van der Waals surface area contributed by atoms with Crippen LogP contribution in [0, 0.1) is 0 Å². The molecule has 0 atom stereocenters. The number of carboxylic acid groups (broad SMARTS) is 1. The number of ketones is 1. The van der Waals surface area contributed by atoms with Crippen LogP contribution in [0.1, 0.15) is 21.5 Å². The normalized spacial score (nSPS) is 12.4. The first-order chi connectivity index (χ1) is 15.1. The average molecular weight is 438 g/mol. The van der Waals surface area contributed by atoms with E-state index in [0.717, 1.165) is 5.56 Å². The van der Waals surface area contributed by atoms with Crippen LogP contribution in [0.4, 0.5) is 0 Å². The molecule has 1 heterocycles. The minimum absolute atomic E-state index is 0. The molecule has 0 bridgehead atoms. The number of ether oxygens (including phenoxy) is 3. The third-order valence-corrected chi connectivity index (χ3v) is 5.02. The fourth-order valence-corrected chi connectivity index (χ4v) is 3.47. The SMILES string of the molecule is COc1ccc(C(=O)C(Cc2ccccc2)=C(C(=O)[O-])c2ccc3c(c2)OCO3)cc1.[Na+]. The summed E-state index contributed by atoms with van der Waals surface area (Å²) in [5.74, 6) is -0.296. The predicted molar refractivity (Wildman–Crippen MR) is 112 cm³/mol. The Morgan fingerprint density at radius 1 is 0.906 bits per heavy atom. The molecule has 7 heteroatoms. The van der Waals surface area contributed by atoms with E-state index in [0.29, 0.717) is 28.4 Å². The van der Waals surface area contributed by atoms with Gasteiger partial charge in [-0.1, -0.05) is 36.4 Å². The zero-order chi connectivity index (χ0) is 21.8. The number of carboxylic acids is 1. The Bertz CT molecular complexity index is 1150. The van der Waals surface area contributed by atoms with Gasteiger partial charge in [0.15, 0.2) is 17.3 Å². The smallest absolute Gasteiger partial charge is 0.545 e. The van der Waals surface area contributed by atoms with Crippen LogP contribution in [0.3, 0.4) is 0 Å². The van der Waals surface area contributed by atoms with Gasteiger partial charge >= 0.3 is 29.6 Å². The van der Waals surface area contributed by atoms with Crippen LogP contribution < -0.4 is 48.9 Å². The summed E-state index contributed by atoms with van der Waals surface area (Å²) in [6, 6.07) is 20.5. The van der Waals surface area contributed by atoms with Gasteiger partial charge in [0.1, 0.15) is 5.75 Å². The van der Waals surface area contributed by atoms with Crippen LogP contribution in [-0.2, 0) is 11.2 Å². The molecule has 0 N–H and O–H groups in total. The van der Waals surface area contributed by atoms with E-state index in [1.54, 1.807) is 42.5 Å². The van der Waals surface area contributed by atoms with Crippen molar-refractivity contribution in [3.05, 3.63) is 95.1 Å². The monoisotopic (exact) mass is 438 g/mol. The molecule has 0 saturated carbocycles. The molecule has 0 saturated heterocycles. The topological polar surface area (TPSA) is 84.9 Å². The molecule has 0 amide bonds. The van der Waals surface area contributed by atoms with E-state index in [4.69, 9.17) is 14.2 Å². The molecule has 1 aliphatic heterocycles. The number of hydrogen-bond acceptors (Lipinski definition) is 6. The summed E-state index contributed by atoms with van der Waals surface area (Å²) >= 11 is 0. The van der Waals surface area contributed by atoms with E-state index in [-0.39, 0.29) is 53.9 Å². The van der Waals surface area contributed by atoms with Gasteiger partial charge in [-0.15, -0.1) is 0 Å². The molecular weight excluding hydrogens is 419 g/mol. The maximum Gasteiger partial charge on any atom is 1.00 e. The van der Waals surface area contributed by atoms with Gasteiger partial charge in [-0.2, -0.15) is 0 Å². The Hall–Kier alpha value is -3.06. The van der Waals surface area contributed by atoms with Crippen molar-refractivity contribution in [2.24, 2.45) is 0 Å². The van der Waals surface area contributed by atoms with Crippen LogP contribution in [0.2, 0.25) is 0 Å². The van der Waals surface area contributed by atoms with Gasteiger partial charge in [0.2, 0.25) is 6.79 Å². The fourth-order valence-electron chi connectivity index (χ4n) is 3.47. The van der Waals surface area contributed by atoms with Gasteiger partial charge in [-0.25, -0.2) is 0 Å². The van der Waals surface area contributed by atoms with E-state index < -0.39 is 11.8 Å². The van der Waals surface area contributed by atoms with Crippen molar-refractivity contribution in [2.75, 3.05) is 13.9 Å². The first kappa shape index (κ1) is 23.6. The minimum atomic E-state index is -1.44. The molecule has 6 nitrogen and oxygen atoms in total. The number of aliphatic carboxylic acids is 1. The average Bonchev–Trinajstić information content (AvgIpc) is 3.27. The molecule has 0 aromatic heterocycles. The summed E-state index contributed by atoms with van der Waals surface area (Å²) < 4.78 is 15.8. The molecule has 0 unspecified atom stereocenters. The largest absolute Gasteiger partial charge is 1.00 e. The van der Waals surface area contributed by atoms with Gasteiger partial charge in [0, 0.05) is 23.1 Å². The van der Waals surface area contributed by atoms with Crippen molar-refractivity contribution >= 4 is 17.3 Å². The molecule has 4 rings (SSSR count). The Kier molecular flexibility index (Phi) is 7.75. The minimum Gasteiger partial charge on any atom is -0.545 e. The molecule has 3 aromatic rings. The second-order valence-electron chi connectivity index (χ2n) is 6.93. The number of rotatable bonds is 7. The summed E-state index contributed by atoms with van der Waals surface area (Å²) in [5.41, 5.74) is 1.42. The Morgan fingerprint density at radius 3 is 2.22 bits per heavy atom. The van der Waals surface area contributed by atoms with Crippen LogP contribution in [-0.4, -0.2) is 25.7 Å². The number of carbonyl (C=O) groups excluding carboxylic acids is 2. The Balaban J connectivity index is 0.00000289. The number of allylic oxidation sites excluding steroid dienone is 1. The molecule has 0 radical (unpaired) electrons. The quantitative estimate of drug-likeness (QED) is 0.295. The van der Waals surface area contributed by atoms with Crippen molar-refractivity contribution in [1.29, 1.82) is 0 Å². The maximum absolute atomic E-state index is 13.5. The van der Waals surface area contributed by atoms with E-state index in [1.165, 1.54) is 7.11 Å². The maximum atomic E-state index is 13.5. The molecular formula is C25H19NaO6. The predicted octanol–water partition coefficient (Wildman–Crippen LogP) is 0.0570. The second kappa shape index (κ2) is 10.5. The molecule has 156 valence electrons. The van der Waals surface area contributed by atoms with Crippen molar-refractivity contribution in [3.63, 3.8) is 0 Å². The third-order valence-electron chi connectivity index (χ3n) is 5.02. The number of benzene rings is 3. The molecule has 32 heavy (non-hydrogen) atoms. The number of Topliss-reactive ketones (excluding diaryl/α,β-unsaturated/α-hetero) is 1. The van der Waals surface area contributed by atoms with Crippen molar-refractivity contribution in [2.45, 2.75) is 6.42 Å². The van der Waals surface area contributed by atoms with Crippen LogP contribution >= 0.6 is 0 Å². The molecule has 1 aliphatic rings. The Labute approximate surface area is 207 Å². The molecule has 0 fully saturated rings. The van der Waals surface area contributed by atoms with E-state index in [2.05, 4.69) is 0 Å². The zero-order valence-corrected chi connectivity index (χ0v) is 19.8. The van der Waals surface area contributed by atoms with Crippen molar-refractivity contribution in [3.8, 4) is 17.2 Å². The first-order valence-corrected chi connectivity index (χ1v) is 9.64.